The fourth-order valence-electron chi connectivity index (χ4n) is 3.02. The van der Waals surface area contributed by atoms with Crippen molar-refractivity contribution in [3.05, 3.63) is 60.2 Å². The summed E-state index contributed by atoms with van der Waals surface area (Å²) in [7, 11) is 0. The molecule has 0 bridgehead atoms. The molecule has 4 heterocycles. The zero-order valence-corrected chi connectivity index (χ0v) is 14.8. The van der Waals surface area contributed by atoms with E-state index in [1.807, 2.05) is 6.92 Å². The smallest absolute Gasteiger partial charge is 0.289 e. The number of piperazine rings is 1. The molecule has 1 fully saturated rings. The van der Waals surface area contributed by atoms with Gasteiger partial charge in [-0.2, -0.15) is 0 Å². The van der Waals surface area contributed by atoms with Gasteiger partial charge in [-0.1, -0.05) is 0 Å². The second-order valence-corrected chi connectivity index (χ2v) is 6.18. The number of carbonyl (C=O) groups is 2. The van der Waals surface area contributed by atoms with Gasteiger partial charge in [0, 0.05) is 38.6 Å². The molecule has 0 atom stereocenters. The Hall–Kier alpha value is -3.49. The van der Waals surface area contributed by atoms with Crippen molar-refractivity contribution in [3.63, 3.8) is 0 Å². The second kappa shape index (κ2) is 7.02. The largest absolute Gasteiger partial charge is 0.459 e. The Balaban J connectivity index is 1.39. The molecule has 0 N–H and O–H groups in total. The summed E-state index contributed by atoms with van der Waals surface area (Å²) in [4.78, 5) is 32.4. The second-order valence-electron chi connectivity index (χ2n) is 6.18. The molecule has 1 aliphatic rings. The lowest BCUT2D eigenvalue weighted by Gasteiger charge is -2.34. The first-order valence-electron chi connectivity index (χ1n) is 8.59. The summed E-state index contributed by atoms with van der Waals surface area (Å²) in [6.07, 6.45) is 4.94. The van der Waals surface area contributed by atoms with E-state index < -0.39 is 0 Å². The predicted molar refractivity (Wildman–Crippen MR) is 94.4 cm³/mol. The van der Waals surface area contributed by atoms with Gasteiger partial charge < -0.3 is 14.2 Å². The SMILES string of the molecule is Cc1nccn1-c1ccc(C(=O)N2CCN(C(=O)c3ccco3)CC2)nn1. The number of carbonyl (C=O) groups excluding carboxylic acids is 2. The van der Waals surface area contributed by atoms with Crippen LogP contribution in [0.25, 0.3) is 5.82 Å². The number of furan rings is 1. The quantitative estimate of drug-likeness (QED) is 0.690. The highest BCUT2D eigenvalue weighted by Crippen LogP contribution is 2.12. The van der Waals surface area contributed by atoms with Crippen molar-refractivity contribution in [1.82, 2.24) is 29.5 Å². The summed E-state index contributed by atoms with van der Waals surface area (Å²) in [5.41, 5.74) is 0.280. The average Bonchev–Trinajstić information content (AvgIpc) is 3.39. The molecule has 1 saturated heterocycles. The number of hydrogen-bond donors (Lipinski definition) is 0. The number of hydrogen-bond acceptors (Lipinski definition) is 6. The first-order chi connectivity index (χ1) is 13.1. The van der Waals surface area contributed by atoms with E-state index in [-0.39, 0.29) is 17.5 Å². The van der Waals surface area contributed by atoms with E-state index in [1.54, 1.807) is 51.0 Å². The Labute approximate surface area is 155 Å². The number of rotatable bonds is 3. The van der Waals surface area contributed by atoms with Crippen molar-refractivity contribution < 1.29 is 14.0 Å². The van der Waals surface area contributed by atoms with Gasteiger partial charge in [-0.3, -0.25) is 14.2 Å². The van der Waals surface area contributed by atoms with Crippen LogP contribution in [0.3, 0.4) is 0 Å². The topological polar surface area (TPSA) is 97.4 Å². The first kappa shape index (κ1) is 17.0. The fraction of sp³-hybridized carbons (Fsp3) is 0.278. The third-order valence-electron chi connectivity index (χ3n) is 4.53. The van der Waals surface area contributed by atoms with Crippen molar-refractivity contribution in [2.24, 2.45) is 0 Å². The fourth-order valence-corrected chi connectivity index (χ4v) is 3.02. The van der Waals surface area contributed by atoms with Gasteiger partial charge in [0.25, 0.3) is 11.8 Å². The Kier molecular flexibility index (Phi) is 4.41. The molecule has 27 heavy (non-hydrogen) atoms. The van der Waals surface area contributed by atoms with Gasteiger partial charge in [0.1, 0.15) is 5.82 Å². The van der Waals surface area contributed by atoms with Crippen molar-refractivity contribution in [3.8, 4) is 5.82 Å². The van der Waals surface area contributed by atoms with Crippen molar-refractivity contribution in [2.75, 3.05) is 26.2 Å². The molecule has 2 amide bonds. The van der Waals surface area contributed by atoms with E-state index >= 15 is 0 Å². The number of aromatic nitrogens is 4. The molecule has 0 saturated carbocycles. The van der Waals surface area contributed by atoms with E-state index in [0.29, 0.717) is 37.8 Å². The Morgan fingerprint density at radius 3 is 2.30 bits per heavy atom. The van der Waals surface area contributed by atoms with Gasteiger partial charge in [-0.25, -0.2) is 4.98 Å². The predicted octanol–water partition coefficient (Wildman–Crippen LogP) is 1.16. The van der Waals surface area contributed by atoms with Crippen LogP contribution in [0.15, 0.2) is 47.3 Å². The number of amides is 2. The minimum atomic E-state index is -0.193. The molecule has 9 heteroatoms. The van der Waals surface area contributed by atoms with Crippen LogP contribution in [0, 0.1) is 6.92 Å². The number of nitrogens with zero attached hydrogens (tertiary/aromatic N) is 6. The lowest BCUT2D eigenvalue weighted by molar-refractivity contribution is 0.0514. The van der Waals surface area contributed by atoms with E-state index in [0.717, 1.165) is 5.82 Å². The van der Waals surface area contributed by atoms with Gasteiger partial charge in [-0.05, 0) is 31.2 Å². The van der Waals surface area contributed by atoms with Crippen LogP contribution < -0.4 is 0 Å². The Morgan fingerprint density at radius 2 is 1.74 bits per heavy atom. The number of aryl methyl sites for hydroxylation is 1. The van der Waals surface area contributed by atoms with Gasteiger partial charge in [0.15, 0.2) is 17.3 Å². The lowest BCUT2D eigenvalue weighted by Crippen LogP contribution is -2.50. The zero-order valence-electron chi connectivity index (χ0n) is 14.8. The number of imidazole rings is 1. The van der Waals surface area contributed by atoms with Gasteiger partial charge >= 0.3 is 0 Å². The summed E-state index contributed by atoms with van der Waals surface area (Å²) >= 11 is 0. The third kappa shape index (κ3) is 3.31. The van der Waals surface area contributed by atoms with Crippen molar-refractivity contribution in [2.45, 2.75) is 6.92 Å². The summed E-state index contributed by atoms with van der Waals surface area (Å²) in [6, 6.07) is 6.72. The van der Waals surface area contributed by atoms with Gasteiger partial charge in [-0.15, -0.1) is 10.2 Å². The standard InChI is InChI=1S/C18H18N6O3/c1-13-19-6-7-24(13)16-5-4-14(20-21-16)17(25)22-8-10-23(11-9-22)18(26)15-3-2-12-27-15/h2-7,12H,8-11H2,1H3. The van der Waals surface area contributed by atoms with Crippen LogP contribution in [0.1, 0.15) is 26.9 Å². The van der Waals surface area contributed by atoms with Crippen LogP contribution in [0.4, 0.5) is 0 Å². The minimum absolute atomic E-state index is 0.160. The van der Waals surface area contributed by atoms with Crippen LogP contribution in [-0.2, 0) is 0 Å². The van der Waals surface area contributed by atoms with Gasteiger partial charge in [0.2, 0.25) is 0 Å². The van der Waals surface area contributed by atoms with E-state index in [2.05, 4.69) is 15.2 Å². The van der Waals surface area contributed by atoms with Crippen LogP contribution in [0.5, 0.6) is 0 Å². The molecule has 0 radical (unpaired) electrons. The summed E-state index contributed by atoms with van der Waals surface area (Å²) in [5.74, 6) is 1.36. The van der Waals surface area contributed by atoms with Crippen molar-refractivity contribution >= 4 is 11.8 Å². The molecular formula is C18H18N6O3. The maximum Gasteiger partial charge on any atom is 0.289 e. The van der Waals surface area contributed by atoms with Crippen molar-refractivity contribution in [1.29, 1.82) is 0 Å². The van der Waals surface area contributed by atoms with E-state index in [1.165, 1.54) is 6.26 Å². The van der Waals surface area contributed by atoms with E-state index in [9.17, 15) is 9.59 Å². The van der Waals surface area contributed by atoms with Crippen LogP contribution >= 0.6 is 0 Å². The highest BCUT2D eigenvalue weighted by atomic mass is 16.3. The average molecular weight is 366 g/mol. The minimum Gasteiger partial charge on any atom is -0.459 e. The zero-order chi connectivity index (χ0) is 18.8. The molecule has 3 aromatic rings. The molecular weight excluding hydrogens is 348 g/mol. The summed E-state index contributed by atoms with van der Waals surface area (Å²) < 4.78 is 6.94. The highest BCUT2D eigenvalue weighted by Gasteiger charge is 2.27. The molecule has 138 valence electrons. The van der Waals surface area contributed by atoms with E-state index in [4.69, 9.17) is 4.42 Å². The van der Waals surface area contributed by atoms with Gasteiger partial charge in [0.05, 0.1) is 6.26 Å². The van der Waals surface area contributed by atoms with Crippen LogP contribution in [0.2, 0.25) is 0 Å². The Morgan fingerprint density at radius 1 is 1.00 bits per heavy atom. The summed E-state index contributed by atoms with van der Waals surface area (Å²) in [5, 5.41) is 8.18. The maximum atomic E-state index is 12.7. The summed E-state index contributed by atoms with van der Waals surface area (Å²) in [6.45, 7) is 3.64. The highest BCUT2D eigenvalue weighted by molar-refractivity contribution is 5.93. The lowest BCUT2D eigenvalue weighted by atomic mass is 10.2. The molecule has 0 spiro atoms. The molecule has 1 aliphatic heterocycles. The maximum absolute atomic E-state index is 12.7. The third-order valence-corrected chi connectivity index (χ3v) is 4.53. The normalized spacial score (nSPS) is 14.4. The molecule has 9 nitrogen and oxygen atoms in total. The first-order valence-corrected chi connectivity index (χ1v) is 8.59. The molecule has 3 aromatic heterocycles. The monoisotopic (exact) mass is 366 g/mol. The molecule has 4 rings (SSSR count). The molecule has 0 aromatic carbocycles. The molecule has 0 aliphatic carbocycles. The Bertz CT molecular complexity index is 940. The van der Waals surface area contributed by atoms with Crippen LogP contribution in [-0.4, -0.2) is 67.5 Å². The molecule has 0 unspecified atom stereocenters.